The van der Waals surface area contributed by atoms with Gasteiger partial charge in [0.05, 0.1) is 0 Å². The van der Waals surface area contributed by atoms with Crippen LogP contribution in [0.5, 0.6) is 0 Å². The van der Waals surface area contributed by atoms with Crippen LogP contribution in [0.2, 0.25) is 0 Å². The second-order valence-electron chi connectivity index (χ2n) is 6.23. The lowest BCUT2D eigenvalue weighted by atomic mass is 10.1. The summed E-state index contributed by atoms with van der Waals surface area (Å²) in [6.45, 7) is 4.56. The van der Waals surface area contributed by atoms with Gasteiger partial charge in [0.2, 0.25) is 5.91 Å². The van der Waals surface area contributed by atoms with Crippen LogP contribution in [0.4, 0.5) is 20.6 Å². The molecule has 2 fully saturated rings. The van der Waals surface area contributed by atoms with Crippen LogP contribution in [0.3, 0.4) is 0 Å². The Bertz CT molecular complexity index is 631. The van der Waals surface area contributed by atoms with Gasteiger partial charge in [-0.15, -0.1) is 0 Å². The number of nitrogens with one attached hydrogen (secondary N) is 2. The number of hydrogen-bond acceptors (Lipinski definition) is 3. The van der Waals surface area contributed by atoms with Crippen molar-refractivity contribution in [1.29, 1.82) is 0 Å². The quantitative estimate of drug-likeness (QED) is 0.890. The van der Waals surface area contributed by atoms with Crippen molar-refractivity contribution in [3.63, 3.8) is 0 Å². The summed E-state index contributed by atoms with van der Waals surface area (Å²) in [4.78, 5) is 28.0. The molecule has 0 spiro atoms. The average Bonchev–Trinajstić information content (AvgIpc) is 3.08. The van der Waals surface area contributed by atoms with E-state index in [2.05, 4.69) is 15.5 Å². The topological polar surface area (TPSA) is 64.7 Å². The maximum atomic E-state index is 13.9. The second kappa shape index (κ2) is 7.07. The number of hydrogen-bond donors (Lipinski definition) is 2. The van der Waals surface area contributed by atoms with Gasteiger partial charge in [0.1, 0.15) is 11.9 Å². The number of amides is 3. The number of nitrogens with zero attached hydrogens (tertiary/aromatic N) is 2. The van der Waals surface area contributed by atoms with Crippen LogP contribution in [0.1, 0.15) is 26.2 Å². The van der Waals surface area contributed by atoms with E-state index in [0.717, 1.165) is 31.6 Å². The fourth-order valence-electron chi connectivity index (χ4n) is 3.36. The van der Waals surface area contributed by atoms with Crippen molar-refractivity contribution in [2.75, 3.05) is 36.4 Å². The van der Waals surface area contributed by atoms with E-state index in [1.54, 1.807) is 6.07 Å². The molecule has 6 nitrogen and oxygen atoms in total. The Balaban J connectivity index is 1.75. The molecule has 2 N–H and O–H groups in total. The monoisotopic (exact) mass is 334 g/mol. The second-order valence-corrected chi connectivity index (χ2v) is 6.23. The average molecular weight is 334 g/mol. The molecule has 2 aliphatic rings. The van der Waals surface area contributed by atoms with E-state index in [-0.39, 0.29) is 17.8 Å². The smallest absolute Gasteiger partial charge is 0.322 e. The lowest BCUT2D eigenvalue weighted by molar-refractivity contribution is -0.127. The van der Waals surface area contributed by atoms with Gasteiger partial charge in [-0.3, -0.25) is 4.79 Å². The van der Waals surface area contributed by atoms with Crippen molar-refractivity contribution < 1.29 is 14.0 Å². The lowest BCUT2D eigenvalue weighted by Crippen LogP contribution is -2.57. The molecular formula is C17H23FN4O2. The number of carbonyl (C=O) groups excluding carboxylic acids is 2. The molecule has 2 saturated heterocycles. The molecule has 7 heteroatoms. The fraction of sp³-hybridized carbons (Fsp3) is 0.529. The van der Waals surface area contributed by atoms with Gasteiger partial charge in [-0.1, -0.05) is 6.92 Å². The van der Waals surface area contributed by atoms with E-state index in [9.17, 15) is 14.0 Å². The first-order valence-corrected chi connectivity index (χ1v) is 8.49. The molecule has 0 aromatic heterocycles. The molecule has 0 radical (unpaired) electrons. The van der Waals surface area contributed by atoms with Crippen LogP contribution < -0.4 is 15.5 Å². The molecule has 1 unspecified atom stereocenters. The van der Waals surface area contributed by atoms with E-state index in [0.29, 0.717) is 25.2 Å². The molecule has 0 bridgehead atoms. The number of urea groups is 1. The molecule has 0 aliphatic carbocycles. The third-order valence-electron chi connectivity index (χ3n) is 4.58. The van der Waals surface area contributed by atoms with Crippen LogP contribution >= 0.6 is 0 Å². The van der Waals surface area contributed by atoms with Crippen molar-refractivity contribution >= 4 is 23.3 Å². The maximum absolute atomic E-state index is 13.9. The summed E-state index contributed by atoms with van der Waals surface area (Å²) in [5, 5.41) is 5.50. The standard InChI is InChI=1S/C17H23FN4O2/c1-2-15-16(23)19-5-8-22(15)17(24)20-13-9-12(18)10-14(11-13)21-6-3-4-7-21/h9-11,15H,2-8H2,1H3,(H,19,23)(H,20,24). The predicted molar refractivity (Wildman–Crippen MR) is 90.7 cm³/mol. The fourth-order valence-corrected chi connectivity index (χ4v) is 3.36. The molecular weight excluding hydrogens is 311 g/mol. The first-order chi connectivity index (χ1) is 11.6. The number of benzene rings is 1. The zero-order valence-corrected chi connectivity index (χ0v) is 13.8. The van der Waals surface area contributed by atoms with Gasteiger partial charge in [0.25, 0.3) is 0 Å². The molecule has 1 aromatic rings. The summed E-state index contributed by atoms with van der Waals surface area (Å²) < 4.78 is 13.9. The van der Waals surface area contributed by atoms with E-state index in [1.807, 2.05) is 6.92 Å². The highest BCUT2D eigenvalue weighted by Crippen LogP contribution is 2.25. The van der Waals surface area contributed by atoms with E-state index in [1.165, 1.54) is 17.0 Å². The normalized spacial score (nSPS) is 20.9. The minimum absolute atomic E-state index is 0.143. The minimum Gasteiger partial charge on any atom is -0.371 e. The number of halogens is 1. The molecule has 130 valence electrons. The summed E-state index contributed by atoms with van der Waals surface area (Å²) in [6, 6.07) is 3.74. The maximum Gasteiger partial charge on any atom is 0.322 e. The summed E-state index contributed by atoms with van der Waals surface area (Å²) >= 11 is 0. The first kappa shape index (κ1) is 16.5. The van der Waals surface area contributed by atoms with Crippen molar-refractivity contribution in [3.05, 3.63) is 24.0 Å². The minimum atomic E-state index is -0.481. The zero-order chi connectivity index (χ0) is 17.1. The Kier molecular flexibility index (Phi) is 4.87. The van der Waals surface area contributed by atoms with Gasteiger partial charge in [-0.25, -0.2) is 9.18 Å². The summed E-state index contributed by atoms with van der Waals surface area (Å²) in [5.74, 6) is -0.519. The largest absolute Gasteiger partial charge is 0.371 e. The SMILES string of the molecule is CCC1C(=O)NCCN1C(=O)Nc1cc(F)cc(N2CCCC2)c1. The van der Waals surface area contributed by atoms with Gasteiger partial charge in [0, 0.05) is 37.6 Å². The van der Waals surface area contributed by atoms with E-state index in [4.69, 9.17) is 0 Å². The van der Waals surface area contributed by atoms with Crippen molar-refractivity contribution in [1.82, 2.24) is 10.2 Å². The number of anilines is 2. The van der Waals surface area contributed by atoms with Gasteiger partial charge < -0.3 is 20.4 Å². The molecule has 2 aliphatic heterocycles. The molecule has 0 saturated carbocycles. The van der Waals surface area contributed by atoms with Crippen molar-refractivity contribution in [2.24, 2.45) is 0 Å². The predicted octanol–water partition coefficient (Wildman–Crippen LogP) is 2.17. The highest BCUT2D eigenvalue weighted by atomic mass is 19.1. The summed E-state index contributed by atoms with van der Waals surface area (Å²) in [7, 11) is 0. The van der Waals surface area contributed by atoms with Crippen LogP contribution in [-0.2, 0) is 4.79 Å². The number of rotatable bonds is 3. The molecule has 3 amide bonds. The molecule has 2 heterocycles. The molecule has 3 rings (SSSR count). The van der Waals surface area contributed by atoms with Gasteiger partial charge in [-0.2, -0.15) is 0 Å². The van der Waals surface area contributed by atoms with E-state index < -0.39 is 6.04 Å². The van der Waals surface area contributed by atoms with Gasteiger partial charge >= 0.3 is 6.03 Å². The third kappa shape index (κ3) is 3.44. The zero-order valence-electron chi connectivity index (χ0n) is 13.8. The number of carbonyl (C=O) groups is 2. The molecule has 1 aromatic carbocycles. The van der Waals surface area contributed by atoms with Crippen molar-refractivity contribution in [3.8, 4) is 0 Å². The Labute approximate surface area is 141 Å². The Morgan fingerprint density at radius 2 is 2.04 bits per heavy atom. The number of piperazine rings is 1. The summed E-state index contributed by atoms with van der Waals surface area (Å²) in [5.41, 5.74) is 1.20. The van der Waals surface area contributed by atoms with Gasteiger partial charge in [-0.05, 0) is 37.5 Å². The van der Waals surface area contributed by atoms with Crippen LogP contribution in [0.25, 0.3) is 0 Å². The lowest BCUT2D eigenvalue weighted by Gasteiger charge is -2.34. The highest BCUT2D eigenvalue weighted by Gasteiger charge is 2.31. The third-order valence-corrected chi connectivity index (χ3v) is 4.58. The van der Waals surface area contributed by atoms with Crippen LogP contribution in [0, 0.1) is 5.82 Å². The molecule has 24 heavy (non-hydrogen) atoms. The van der Waals surface area contributed by atoms with Gasteiger partial charge in [0.15, 0.2) is 0 Å². The summed E-state index contributed by atoms with van der Waals surface area (Å²) in [6.07, 6.45) is 2.74. The Morgan fingerprint density at radius 1 is 1.29 bits per heavy atom. The van der Waals surface area contributed by atoms with E-state index >= 15 is 0 Å². The highest BCUT2D eigenvalue weighted by molar-refractivity contribution is 5.94. The van der Waals surface area contributed by atoms with Crippen LogP contribution in [0.15, 0.2) is 18.2 Å². The Hall–Kier alpha value is -2.31. The Morgan fingerprint density at radius 3 is 2.75 bits per heavy atom. The molecule has 1 atom stereocenters. The van der Waals surface area contributed by atoms with Crippen LogP contribution in [-0.4, -0.2) is 49.1 Å². The van der Waals surface area contributed by atoms with Crippen molar-refractivity contribution in [2.45, 2.75) is 32.2 Å². The first-order valence-electron chi connectivity index (χ1n) is 8.49.